The zero-order valence-corrected chi connectivity index (χ0v) is 10.8. The number of rotatable bonds is 4. The summed E-state index contributed by atoms with van der Waals surface area (Å²) in [5.74, 6) is 0.250. The number of hydrogen-bond donors (Lipinski definition) is 3. The Morgan fingerprint density at radius 3 is 2.47 bits per heavy atom. The van der Waals surface area contributed by atoms with Gasteiger partial charge in [-0.05, 0) is 55.4 Å². The molecule has 3 N–H and O–H groups in total. The normalized spacial score (nSPS) is 11.1. The largest absolute Gasteiger partial charge is 0.508 e. The van der Waals surface area contributed by atoms with E-state index in [0.29, 0.717) is 5.11 Å². The summed E-state index contributed by atoms with van der Waals surface area (Å²) in [6, 6.07) is 6.94. The van der Waals surface area contributed by atoms with Crippen LogP contribution in [0.25, 0.3) is 0 Å². The third-order valence-corrected chi connectivity index (χ3v) is 2.40. The molecule has 0 unspecified atom stereocenters. The summed E-state index contributed by atoms with van der Waals surface area (Å²) in [7, 11) is 0. The van der Waals surface area contributed by atoms with E-state index in [0.717, 1.165) is 24.2 Å². The summed E-state index contributed by atoms with van der Waals surface area (Å²) in [4.78, 5) is 0. The average molecular weight is 251 g/mol. The van der Waals surface area contributed by atoms with Crippen LogP contribution < -0.4 is 10.7 Å². The molecule has 0 radical (unpaired) electrons. The first kappa shape index (κ1) is 13.4. The van der Waals surface area contributed by atoms with Crippen molar-refractivity contribution in [2.45, 2.75) is 20.3 Å². The van der Waals surface area contributed by atoms with E-state index in [1.165, 1.54) is 0 Å². The van der Waals surface area contributed by atoms with E-state index < -0.39 is 0 Å². The number of phenols is 1. The van der Waals surface area contributed by atoms with Crippen molar-refractivity contribution < 1.29 is 5.11 Å². The van der Waals surface area contributed by atoms with Gasteiger partial charge in [-0.2, -0.15) is 5.10 Å². The van der Waals surface area contributed by atoms with Crippen molar-refractivity contribution >= 4 is 23.0 Å². The Morgan fingerprint density at radius 1 is 1.29 bits per heavy atom. The van der Waals surface area contributed by atoms with Crippen LogP contribution in [-0.4, -0.2) is 22.5 Å². The molecular weight excluding hydrogens is 234 g/mol. The molecule has 17 heavy (non-hydrogen) atoms. The molecule has 5 heteroatoms. The Balaban J connectivity index is 2.73. The first-order valence-electron chi connectivity index (χ1n) is 5.57. The van der Waals surface area contributed by atoms with Crippen LogP contribution >= 0.6 is 12.2 Å². The average Bonchev–Trinajstić information content (AvgIpc) is 2.32. The van der Waals surface area contributed by atoms with Gasteiger partial charge >= 0.3 is 0 Å². The van der Waals surface area contributed by atoms with Gasteiger partial charge in [0, 0.05) is 6.54 Å². The first-order valence-corrected chi connectivity index (χ1v) is 5.98. The molecule has 0 aliphatic rings. The minimum atomic E-state index is 0.250. The summed E-state index contributed by atoms with van der Waals surface area (Å²) >= 11 is 5.02. The molecule has 0 saturated heterocycles. The second-order valence-corrected chi connectivity index (χ2v) is 3.84. The van der Waals surface area contributed by atoms with Crippen molar-refractivity contribution in [1.82, 2.24) is 10.7 Å². The van der Waals surface area contributed by atoms with Crippen LogP contribution in [0.3, 0.4) is 0 Å². The summed E-state index contributed by atoms with van der Waals surface area (Å²) in [5, 5.41) is 16.9. The Bertz CT molecular complexity index is 401. The number of nitrogens with one attached hydrogen (secondary N) is 2. The molecule has 0 aliphatic heterocycles. The molecule has 92 valence electrons. The Kier molecular flexibility index (Phi) is 5.42. The van der Waals surface area contributed by atoms with Gasteiger partial charge in [-0.1, -0.05) is 6.92 Å². The van der Waals surface area contributed by atoms with Crippen LogP contribution in [0.15, 0.2) is 29.4 Å². The molecule has 0 saturated carbocycles. The summed E-state index contributed by atoms with van der Waals surface area (Å²) in [5.41, 5.74) is 4.66. The minimum Gasteiger partial charge on any atom is -0.508 e. The van der Waals surface area contributed by atoms with Gasteiger partial charge in [-0.3, -0.25) is 5.43 Å². The van der Waals surface area contributed by atoms with Crippen LogP contribution in [0.1, 0.15) is 25.8 Å². The fraction of sp³-hybridized carbons (Fsp3) is 0.333. The molecule has 1 rings (SSSR count). The Labute approximate surface area is 107 Å². The van der Waals surface area contributed by atoms with Gasteiger partial charge in [0.1, 0.15) is 5.75 Å². The van der Waals surface area contributed by atoms with Gasteiger partial charge < -0.3 is 10.4 Å². The zero-order chi connectivity index (χ0) is 12.7. The number of thiocarbonyl (C=S) groups is 1. The van der Waals surface area contributed by atoms with E-state index >= 15 is 0 Å². The maximum atomic E-state index is 9.21. The predicted octanol–water partition coefficient (Wildman–Crippen LogP) is 1.99. The highest BCUT2D eigenvalue weighted by Crippen LogP contribution is 2.11. The fourth-order valence-corrected chi connectivity index (χ4v) is 1.51. The number of hydrogen-bond acceptors (Lipinski definition) is 3. The maximum absolute atomic E-state index is 9.21. The van der Waals surface area contributed by atoms with E-state index in [1.54, 1.807) is 12.1 Å². The highest BCUT2D eigenvalue weighted by atomic mass is 32.1. The highest BCUT2D eigenvalue weighted by molar-refractivity contribution is 7.80. The van der Waals surface area contributed by atoms with Crippen molar-refractivity contribution in [2.24, 2.45) is 5.10 Å². The molecule has 1 aromatic rings. The number of hydrazone groups is 1. The molecule has 4 nitrogen and oxygen atoms in total. The molecule has 0 atom stereocenters. The molecular formula is C12H17N3OS. The monoisotopic (exact) mass is 251 g/mol. The minimum absolute atomic E-state index is 0.250. The van der Waals surface area contributed by atoms with Crippen LogP contribution in [0.2, 0.25) is 0 Å². The lowest BCUT2D eigenvalue weighted by molar-refractivity contribution is 0.475. The van der Waals surface area contributed by atoms with E-state index in [2.05, 4.69) is 15.8 Å². The lowest BCUT2D eigenvalue weighted by Gasteiger charge is -2.07. The van der Waals surface area contributed by atoms with E-state index in [9.17, 15) is 5.11 Å². The van der Waals surface area contributed by atoms with Crippen LogP contribution in [-0.2, 0) is 0 Å². The fourth-order valence-electron chi connectivity index (χ4n) is 1.32. The Hall–Kier alpha value is -1.62. The molecule has 0 spiro atoms. The third-order valence-electron chi connectivity index (χ3n) is 2.17. The van der Waals surface area contributed by atoms with Crippen LogP contribution in [0.5, 0.6) is 5.75 Å². The first-order chi connectivity index (χ1) is 8.17. The summed E-state index contributed by atoms with van der Waals surface area (Å²) in [6.07, 6.45) is 0.784. The molecule has 0 aromatic heterocycles. The molecule has 0 amide bonds. The lowest BCUT2D eigenvalue weighted by Crippen LogP contribution is -2.32. The number of phenolic OH excluding ortho intramolecular Hbond substituents is 1. The van der Waals surface area contributed by atoms with Crippen molar-refractivity contribution in [3.05, 3.63) is 29.8 Å². The van der Waals surface area contributed by atoms with Gasteiger partial charge in [-0.25, -0.2) is 0 Å². The molecule has 1 aromatic carbocycles. The molecule has 0 fully saturated rings. The molecule has 0 heterocycles. The van der Waals surface area contributed by atoms with Gasteiger partial charge in [-0.15, -0.1) is 0 Å². The summed E-state index contributed by atoms with van der Waals surface area (Å²) in [6.45, 7) is 4.75. The third kappa shape index (κ3) is 4.40. The zero-order valence-electron chi connectivity index (χ0n) is 10.0. The van der Waals surface area contributed by atoms with E-state index in [1.807, 2.05) is 26.0 Å². The lowest BCUT2D eigenvalue weighted by atomic mass is 10.1. The van der Waals surface area contributed by atoms with Crippen molar-refractivity contribution in [1.29, 1.82) is 0 Å². The topological polar surface area (TPSA) is 56.7 Å². The SMILES string of the molecule is CCNC(=S)N/N=C(\CC)c1ccc(O)cc1. The van der Waals surface area contributed by atoms with E-state index in [4.69, 9.17) is 12.2 Å². The van der Waals surface area contributed by atoms with E-state index in [-0.39, 0.29) is 5.75 Å². The molecule has 0 aliphatic carbocycles. The second kappa shape index (κ2) is 6.85. The Morgan fingerprint density at radius 2 is 1.94 bits per heavy atom. The van der Waals surface area contributed by atoms with Gasteiger partial charge in [0.25, 0.3) is 0 Å². The molecule has 0 bridgehead atoms. The van der Waals surface area contributed by atoms with Gasteiger partial charge in [0.2, 0.25) is 0 Å². The maximum Gasteiger partial charge on any atom is 0.186 e. The highest BCUT2D eigenvalue weighted by Gasteiger charge is 2.01. The predicted molar refractivity (Wildman–Crippen MR) is 74.3 cm³/mol. The number of nitrogens with zero attached hydrogens (tertiary/aromatic N) is 1. The summed E-state index contributed by atoms with van der Waals surface area (Å²) < 4.78 is 0. The van der Waals surface area contributed by atoms with Gasteiger partial charge in [0.05, 0.1) is 5.71 Å². The van der Waals surface area contributed by atoms with Crippen LogP contribution in [0.4, 0.5) is 0 Å². The number of benzene rings is 1. The van der Waals surface area contributed by atoms with Crippen molar-refractivity contribution in [3.8, 4) is 5.75 Å². The number of aromatic hydroxyl groups is 1. The van der Waals surface area contributed by atoms with Crippen LogP contribution in [0, 0.1) is 0 Å². The van der Waals surface area contributed by atoms with Crippen molar-refractivity contribution in [2.75, 3.05) is 6.54 Å². The quantitative estimate of drug-likeness (QED) is 0.435. The van der Waals surface area contributed by atoms with Crippen molar-refractivity contribution in [3.63, 3.8) is 0 Å². The van der Waals surface area contributed by atoms with Gasteiger partial charge in [0.15, 0.2) is 5.11 Å². The standard InChI is InChI=1S/C12H17N3OS/c1-3-11(14-15-12(17)13-4-2)9-5-7-10(16)8-6-9/h5-8,16H,3-4H2,1-2H3,(H2,13,15,17)/b14-11+. The smallest absolute Gasteiger partial charge is 0.186 e. The second-order valence-electron chi connectivity index (χ2n) is 3.43.